The van der Waals surface area contributed by atoms with Gasteiger partial charge in [-0.3, -0.25) is 4.90 Å². The van der Waals surface area contributed by atoms with Gasteiger partial charge in [0, 0.05) is 12.6 Å². The Hall–Kier alpha value is -0.860. The second-order valence-electron chi connectivity index (χ2n) is 5.05. The van der Waals surface area contributed by atoms with Crippen LogP contribution in [0.2, 0.25) is 0 Å². The summed E-state index contributed by atoms with van der Waals surface area (Å²) in [7, 11) is 0. The highest BCUT2D eigenvalue weighted by atomic mass is 15.1. The van der Waals surface area contributed by atoms with Crippen molar-refractivity contribution in [1.29, 1.82) is 0 Å². The van der Waals surface area contributed by atoms with Crippen molar-refractivity contribution < 1.29 is 0 Å². The second-order valence-corrected chi connectivity index (χ2v) is 5.05. The average molecular weight is 234 g/mol. The van der Waals surface area contributed by atoms with Crippen LogP contribution in [0.1, 0.15) is 32.8 Å². The van der Waals surface area contributed by atoms with Crippen LogP contribution in [-0.2, 0) is 6.54 Å². The quantitative estimate of drug-likeness (QED) is 0.786. The van der Waals surface area contributed by atoms with Crippen LogP contribution < -0.4 is 5.73 Å². The third-order valence-electron chi connectivity index (χ3n) is 3.33. The Balaban J connectivity index is 2.39. The maximum absolute atomic E-state index is 6.09. The van der Waals surface area contributed by atoms with E-state index in [1.807, 2.05) is 0 Å². The highest BCUT2D eigenvalue weighted by Crippen LogP contribution is 2.08. The fourth-order valence-electron chi connectivity index (χ4n) is 1.86. The van der Waals surface area contributed by atoms with Crippen molar-refractivity contribution >= 4 is 0 Å². The van der Waals surface area contributed by atoms with Crippen molar-refractivity contribution in [3.63, 3.8) is 0 Å². The lowest BCUT2D eigenvalue weighted by Gasteiger charge is -2.23. The number of hydrogen-bond acceptors (Lipinski definition) is 2. The van der Waals surface area contributed by atoms with E-state index >= 15 is 0 Å². The molecule has 0 aliphatic rings. The number of hydrogen-bond donors (Lipinski definition) is 1. The largest absolute Gasteiger partial charge is 0.327 e. The minimum atomic E-state index is 0.319. The number of nitrogens with two attached hydrogens (primary N) is 1. The molecule has 0 saturated carbocycles. The fraction of sp³-hybridized carbons (Fsp3) is 0.600. The van der Waals surface area contributed by atoms with Crippen LogP contribution in [0.25, 0.3) is 0 Å². The molecule has 96 valence electrons. The van der Waals surface area contributed by atoms with Gasteiger partial charge in [-0.15, -0.1) is 0 Å². The van der Waals surface area contributed by atoms with Gasteiger partial charge in [-0.25, -0.2) is 0 Å². The monoisotopic (exact) mass is 234 g/mol. The molecular weight excluding hydrogens is 208 g/mol. The second kappa shape index (κ2) is 7.46. The molecule has 0 amide bonds. The third kappa shape index (κ3) is 5.33. The zero-order valence-electron chi connectivity index (χ0n) is 11.4. The fourth-order valence-corrected chi connectivity index (χ4v) is 1.86. The van der Waals surface area contributed by atoms with Crippen LogP contribution in [0.15, 0.2) is 30.3 Å². The number of nitrogens with zero attached hydrogens (tertiary/aromatic N) is 1. The van der Waals surface area contributed by atoms with Crippen LogP contribution in [0.3, 0.4) is 0 Å². The van der Waals surface area contributed by atoms with Crippen LogP contribution in [0, 0.1) is 5.92 Å². The van der Waals surface area contributed by atoms with Crippen molar-refractivity contribution in [1.82, 2.24) is 4.90 Å². The van der Waals surface area contributed by atoms with Gasteiger partial charge in [-0.1, -0.05) is 51.1 Å². The van der Waals surface area contributed by atoms with Crippen molar-refractivity contribution in [2.75, 3.05) is 13.1 Å². The zero-order chi connectivity index (χ0) is 12.7. The molecule has 0 unspecified atom stereocenters. The Morgan fingerprint density at radius 3 is 2.35 bits per heavy atom. The van der Waals surface area contributed by atoms with Crippen molar-refractivity contribution in [2.45, 2.75) is 39.8 Å². The molecule has 0 aromatic heterocycles. The maximum Gasteiger partial charge on any atom is 0.0233 e. The van der Waals surface area contributed by atoms with Gasteiger partial charge in [0.15, 0.2) is 0 Å². The molecule has 1 rings (SSSR count). The molecule has 0 fully saturated rings. The first-order valence-corrected chi connectivity index (χ1v) is 6.65. The predicted octanol–water partition coefficient (Wildman–Crippen LogP) is 2.88. The Morgan fingerprint density at radius 1 is 1.18 bits per heavy atom. The molecule has 1 aromatic rings. The maximum atomic E-state index is 6.09. The molecule has 0 aliphatic carbocycles. The summed E-state index contributed by atoms with van der Waals surface area (Å²) in [5, 5.41) is 0. The van der Waals surface area contributed by atoms with E-state index in [4.69, 9.17) is 5.73 Å². The van der Waals surface area contributed by atoms with E-state index in [1.165, 1.54) is 5.56 Å². The van der Waals surface area contributed by atoms with Crippen LogP contribution in [0.4, 0.5) is 0 Å². The Morgan fingerprint density at radius 2 is 1.82 bits per heavy atom. The summed E-state index contributed by atoms with van der Waals surface area (Å²) in [6.45, 7) is 9.80. The Kier molecular flexibility index (Phi) is 6.23. The van der Waals surface area contributed by atoms with E-state index in [-0.39, 0.29) is 0 Å². The summed E-state index contributed by atoms with van der Waals surface area (Å²) < 4.78 is 0. The van der Waals surface area contributed by atoms with E-state index in [1.54, 1.807) is 0 Å². The normalized spacial score (nSPS) is 13.3. The topological polar surface area (TPSA) is 29.3 Å². The molecule has 0 saturated heterocycles. The van der Waals surface area contributed by atoms with Gasteiger partial charge in [0.1, 0.15) is 0 Å². The first-order valence-electron chi connectivity index (χ1n) is 6.65. The van der Waals surface area contributed by atoms with E-state index in [9.17, 15) is 0 Å². The average Bonchev–Trinajstić information content (AvgIpc) is 2.35. The van der Waals surface area contributed by atoms with Gasteiger partial charge in [-0.05, 0) is 31.0 Å². The minimum absolute atomic E-state index is 0.319. The van der Waals surface area contributed by atoms with E-state index in [2.05, 4.69) is 56.0 Å². The van der Waals surface area contributed by atoms with Crippen LogP contribution in [0.5, 0.6) is 0 Å². The molecule has 0 radical (unpaired) electrons. The number of benzene rings is 1. The zero-order valence-corrected chi connectivity index (χ0v) is 11.4. The van der Waals surface area contributed by atoms with Crippen LogP contribution in [-0.4, -0.2) is 24.0 Å². The lowest BCUT2D eigenvalue weighted by molar-refractivity contribution is 0.258. The SMILES string of the molecule is CCN(CC[C@H](N)C(C)C)Cc1ccccc1. The summed E-state index contributed by atoms with van der Waals surface area (Å²) in [5.41, 5.74) is 7.47. The van der Waals surface area contributed by atoms with Gasteiger partial charge in [0.25, 0.3) is 0 Å². The molecule has 0 spiro atoms. The summed E-state index contributed by atoms with van der Waals surface area (Å²) in [6, 6.07) is 11.0. The summed E-state index contributed by atoms with van der Waals surface area (Å²) >= 11 is 0. The molecule has 1 aromatic carbocycles. The summed E-state index contributed by atoms with van der Waals surface area (Å²) in [5.74, 6) is 0.574. The van der Waals surface area contributed by atoms with Gasteiger partial charge in [0.2, 0.25) is 0 Å². The van der Waals surface area contributed by atoms with E-state index in [0.717, 1.165) is 26.1 Å². The molecule has 0 heterocycles. The standard InChI is InChI=1S/C15H26N2/c1-4-17(11-10-15(16)13(2)3)12-14-8-6-5-7-9-14/h5-9,13,15H,4,10-12,16H2,1-3H3/t15-/m0/s1. The molecule has 0 aliphatic heterocycles. The lowest BCUT2D eigenvalue weighted by Crippen LogP contribution is -2.33. The molecule has 2 N–H and O–H groups in total. The predicted molar refractivity (Wildman–Crippen MR) is 74.8 cm³/mol. The van der Waals surface area contributed by atoms with Crippen molar-refractivity contribution in [3.8, 4) is 0 Å². The third-order valence-corrected chi connectivity index (χ3v) is 3.33. The molecule has 0 bridgehead atoms. The Labute approximate surface area is 106 Å². The first-order chi connectivity index (χ1) is 8.13. The van der Waals surface area contributed by atoms with Gasteiger partial charge < -0.3 is 5.73 Å². The summed E-state index contributed by atoms with van der Waals surface area (Å²) in [6.07, 6.45) is 1.08. The van der Waals surface area contributed by atoms with Gasteiger partial charge >= 0.3 is 0 Å². The first kappa shape index (κ1) is 14.2. The van der Waals surface area contributed by atoms with Crippen molar-refractivity contribution in [2.24, 2.45) is 11.7 Å². The molecule has 1 atom stereocenters. The van der Waals surface area contributed by atoms with E-state index < -0.39 is 0 Å². The summed E-state index contributed by atoms with van der Waals surface area (Å²) in [4.78, 5) is 2.46. The smallest absolute Gasteiger partial charge is 0.0233 e. The molecule has 2 nitrogen and oxygen atoms in total. The van der Waals surface area contributed by atoms with Gasteiger partial charge in [0.05, 0.1) is 0 Å². The van der Waals surface area contributed by atoms with Gasteiger partial charge in [-0.2, -0.15) is 0 Å². The molecule has 17 heavy (non-hydrogen) atoms. The molecular formula is C15H26N2. The highest BCUT2D eigenvalue weighted by Gasteiger charge is 2.10. The number of rotatable bonds is 7. The van der Waals surface area contributed by atoms with Crippen molar-refractivity contribution in [3.05, 3.63) is 35.9 Å². The van der Waals surface area contributed by atoms with E-state index in [0.29, 0.717) is 12.0 Å². The molecule has 2 heteroatoms. The lowest BCUT2D eigenvalue weighted by atomic mass is 10.0. The Bertz CT molecular complexity index is 295. The minimum Gasteiger partial charge on any atom is -0.327 e. The van der Waals surface area contributed by atoms with Crippen LogP contribution >= 0.6 is 0 Å². The highest BCUT2D eigenvalue weighted by molar-refractivity contribution is 5.14.